The monoisotopic (exact) mass is 570 g/mol. The number of aromatic nitrogens is 2. The highest BCUT2D eigenvalue weighted by Crippen LogP contribution is 2.37. The zero-order chi connectivity index (χ0) is 29.3. The highest BCUT2D eigenvalue weighted by molar-refractivity contribution is 5.23. The molecule has 1 aliphatic carbocycles. The van der Waals surface area contributed by atoms with E-state index in [-0.39, 0.29) is 7.24 Å². The fourth-order valence-corrected chi connectivity index (χ4v) is 7.40. The molecule has 2 atom stereocenters. The summed E-state index contributed by atoms with van der Waals surface area (Å²) in [5, 5.41) is 4.51. The van der Waals surface area contributed by atoms with Crippen LogP contribution in [0.25, 0.3) is 0 Å². The lowest BCUT2D eigenvalue weighted by Crippen LogP contribution is -2.40. The van der Waals surface area contributed by atoms with Gasteiger partial charge in [-0.15, -0.1) is 0 Å². The summed E-state index contributed by atoms with van der Waals surface area (Å²) < 4.78 is 15.5. The van der Waals surface area contributed by atoms with E-state index < -0.39 is 0 Å². The van der Waals surface area contributed by atoms with Crippen LogP contribution in [0.15, 0.2) is 91.9 Å². The summed E-state index contributed by atoms with van der Waals surface area (Å²) in [6.07, 6.45) is 16.6. The van der Waals surface area contributed by atoms with Crippen molar-refractivity contribution in [2.45, 2.75) is 82.7 Å². The number of nitrogens with zero attached hydrogens (tertiary/aromatic N) is 4. The quantitative estimate of drug-likeness (QED) is 0.253. The zero-order valence-corrected chi connectivity index (χ0v) is 25.5. The maximum Gasteiger partial charge on any atom is 0.123 e. The number of benzene rings is 2. The van der Waals surface area contributed by atoms with Gasteiger partial charge in [0.05, 0.1) is 12.7 Å². The number of likely N-dealkylation sites (tertiary alicyclic amines) is 2. The van der Waals surface area contributed by atoms with Gasteiger partial charge in [-0.25, -0.2) is 4.39 Å². The van der Waals surface area contributed by atoms with Crippen LogP contribution in [0.2, 0.25) is 0 Å². The lowest BCUT2D eigenvalue weighted by molar-refractivity contribution is 0.168. The van der Waals surface area contributed by atoms with Crippen molar-refractivity contribution in [1.29, 1.82) is 0 Å². The molecule has 0 bridgehead atoms. The SMILES string of the molecule is C=C(C)[C@@H](C1CCCCC1)N1CC[C@@H](c2cccc(F)c2)C1.C=CN1CCC(c2cnn(Cc3ccccc3)c2)CC1.[HH]. The first-order valence-electron chi connectivity index (χ1n) is 16.1. The highest BCUT2D eigenvalue weighted by Gasteiger charge is 2.34. The molecule has 42 heavy (non-hydrogen) atoms. The van der Waals surface area contributed by atoms with Crippen LogP contribution in [0.3, 0.4) is 0 Å². The summed E-state index contributed by atoms with van der Waals surface area (Å²) in [4.78, 5) is 4.92. The first-order chi connectivity index (χ1) is 20.5. The van der Waals surface area contributed by atoms with Gasteiger partial charge in [-0.2, -0.15) is 5.10 Å². The largest absolute Gasteiger partial charge is 0.378 e. The highest BCUT2D eigenvalue weighted by atomic mass is 19.1. The van der Waals surface area contributed by atoms with E-state index >= 15 is 0 Å². The van der Waals surface area contributed by atoms with Crippen LogP contribution in [0.5, 0.6) is 0 Å². The van der Waals surface area contributed by atoms with Crippen LogP contribution >= 0.6 is 0 Å². The van der Waals surface area contributed by atoms with E-state index in [1.807, 2.05) is 29.2 Å². The first-order valence-corrected chi connectivity index (χ1v) is 16.1. The summed E-state index contributed by atoms with van der Waals surface area (Å²) >= 11 is 0. The number of piperidine rings is 1. The van der Waals surface area contributed by atoms with Gasteiger partial charge in [0.1, 0.15) is 5.82 Å². The van der Waals surface area contributed by atoms with Gasteiger partial charge in [-0.05, 0) is 98.3 Å². The van der Waals surface area contributed by atoms with Gasteiger partial charge >= 0.3 is 0 Å². The molecule has 5 heteroatoms. The molecule has 3 aromatic rings. The molecule has 2 saturated heterocycles. The molecule has 3 aliphatic rings. The van der Waals surface area contributed by atoms with Crippen LogP contribution in [-0.4, -0.2) is 51.8 Å². The van der Waals surface area contributed by atoms with Crippen molar-refractivity contribution in [1.82, 2.24) is 19.6 Å². The third-order valence-corrected chi connectivity index (χ3v) is 9.63. The minimum atomic E-state index is -0.111. The molecular formula is C37H51FN4. The lowest BCUT2D eigenvalue weighted by atomic mass is 9.81. The van der Waals surface area contributed by atoms with Crippen molar-refractivity contribution in [2.75, 3.05) is 26.2 Å². The number of hydrogen-bond donors (Lipinski definition) is 0. The van der Waals surface area contributed by atoms with Crippen molar-refractivity contribution in [3.05, 3.63) is 114 Å². The van der Waals surface area contributed by atoms with E-state index in [1.54, 1.807) is 6.07 Å². The Balaban J connectivity index is 0.000000193. The molecule has 3 fully saturated rings. The predicted octanol–water partition coefficient (Wildman–Crippen LogP) is 8.64. The Kier molecular flexibility index (Phi) is 10.7. The Morgan fingerprint density at radius 3 is 2.38 bits per heavy atom. The first kappa shape index (κ1) is 30.3. The van der Waals surface area contributed by atoms with Crippen molar-refractivity contribution in [3.63, 3.8) is 0 Å². The van der Waals surface area contributed by atoms with Gasteiger partial charge in [0.15, 0.2) is 0 Å². The van der Waals surface area contributed by atoms with Crippen molar-refractivity contribution in [2.24, 2.45) is 5.92 Å². The van der Waals surface area contributed by atoms with E-state index in [1.165, 1.54) is 67.7 Å². The molecule has 1 saturated carbocycles. The van der Waals surface area contributed by atoms with Crippen LogP contribution in [0.4, 0.5) is 4.39 Å². The van der Waals surface area contributed by atoms with E-state index in [0.717, 1.165) is 50.6 Å². The molecule has 0 radical (unpaired) electrons. The summed E-state index contributed by atoms with van der Waals surface area (Å²) in [6, 6.07) is 18.2. The molecule has 4 nitrogen and oxygen atoms in total. The molecule has 3 heterocycles. The summed E-state index contributed by atoms with van der Waals surface area (Å²) in [7, 11) is 0. The molecule has 2 aliphatic heterocycles. The molecule has 6 rings (SSSR count). The van der Waals surface area contributed by atoms with Gasteiger partial charge < -0.3 is 4.90 Å². The van der Waals surface area contributed by atoms with Crippen molar-refractivity contribution < 1.29 is 5.82 Å². The van der Waals surface area contributed by atoms with Gasteiger partial charge in [0.25, 0.3) is 0 Å². The van der Waals surface area contributed by atoms with Crippen molar-refractivity contribution in [3.8, 4) is 0 Å². The van der Waals surface area contributed by atoms with Gasteiger partial charge in [-0.3, -0.25) is 9.58 Å². The zero-order valence-electron chi connectivity index (χ0n) is 25.5. The van der Waals surface area contributed by atoms with Crippen LogP contribution in [0.1, 0.15) is 88.2 Å². The van der Waals surface area contributed by atoms with E-state index in [0.29, 0.717) is 17.9 Å². The molecule has 0 N–H and O–H groups in total. The fourth-order valence-electron chi connectivity index (χ4n) is 7.40. The van der Waals surface area contributed by atoms with Gasteiger partial charge in [0, 0.05) is 33.3 Å². The fraction of sp³-hybridized carbons (Fsp3) is 0.486. The average Bonchev–Trinajstić information content (AvgIpc) is 3.69. The molecular weight excluding hydrogens is 519 g/mol. The topological polar surface area (TPSA) is 24.3 Å². The van der Waals surface area contributed by atoms with E-state index in [2.05, 4.69) is 71.5 Å². The molecule has 0 amide bonds. The molecule has 1 aromatic heterocycles. The minimum absolute atomic E-state index is 0. The lowest BCUT2D eigenvalue weighted by Gasteiger charge is -2.37. The Morgan fingerprint density at radius 1 is 0.952 bits per heavy atom. The normalized spacial score (nSPS) is 21.0. The van der Waals surface area contributed by atoms with E-state index in [9.17, 15) is 4.39 Å². The summed E-state index contributed by atoms with van der Waals surface area (Å²) in [5.74, 6) is 1.79. The maximum atomic E-state index is 13.5. The molecule has 0 unspecified atom stereocenters. The van der Waals surface area contributed by atoms with Gasteiger partial charge in [0.2, 0.25) is 0 Å². The Bertz CT molecular complexity index is 1280. The molecule has 226 valence electrons. The van der Waals surface area contributed by atoms with E-state index in [4.69, 9.17) is 0 Å². The second-order valence-corrected chi connectivity index (χ2v) is 12.7. The standard InChI is InChI=1S/C20H28FN.C17H21N3.H2/c1-15(2)20(16-7-4-3-5-8-16)22-12-11-18(14-22)17-9-6-10-19(21)13-17;1-2-19-10-8-16(9-11-19)17-12-18-20(14-17)13-15-6-4-3-5-7-15;/h6,9-10,13,16,18,20H,1,3-5,7-8,11-12,14H2,2H3;2-7,12,14,16H,1,8-11,13H2;1H/t18-,20+;;/m1../s1. The number of rotatable bonds is 8. The molecule has 0 spiro atoms. The Labute approximate surface area is 254 Å². The maximum absolute atomic E-state index is 13.5. The Hall–Kier alpha value is -3.18. The van der Waals surface area contributed by atoms with Gasteiger partial charge in [-0.1, -0.05) is 80.5 Å². The number of hydrogen-bond acceptors (Lipinski definition) is 3. The smallest absolute Gasteiger partial charge is 0.123 e. The molecule has 2 aromatic carbocycles. The third kappa shape index (κ3) is 8.01. The predicted molar refractivity (Wildman–Crippen MR) is 174 cm³/mol. The Morgan fingerprint density at radius 2 is 1.69 bits per heavy atom. The minimum Gasteiger partial charge on any atom is -0.378 e. The van der Waals surface area contributed by atoms with Crippen LogP contribution in [-0.2, 0) is 6.54 Å². The van der Waals surface area contributed by atoms with Crippen LogP contribution < -0.4 is 0 Å². The van der Waals surface area contributed by atoms with Crippen LogP contribution in [0, 0.1) is 11.7 Å². The third-order valence-electron chi connectivity index (χ3n) is 9.63. The number of halogens is 1. The van der Waals surface area contributed by atoms with Crippen molar-refractivity contribution >= 4 is 0 Å². The summed E-state index contributed by atoms with van der Waals surface area (Å²) in [5.41, 5.74) is 5.15. The average molecular weight is 571 g/mol. The second kappa shape index (κ2) is 14.8. The second-order valence-electron chi connectivity index (χ2n) is 12.7. The summed E-state index contributed by atoms with van der Waals surface area (Å²) in [6.45, 7) is 15.6.